The molecule has 7 nitrogen and oxygen atoms in total. The van der Waals surface area contributed by atoms with Gasteiger partial charge in [0.05, 0.1) is 11.1 Å². The molecular weight excluding hydrogens is 472 g/mol. The molecule has 8 heteroatoms. The minimum absolute atomic E-state index is 0.0700. The molecule has 0 radical (unpaired) electrons. The number of aryl methyl sites for hydroxylation is 1. The highest BCUT2D eigenvalue weighted by Crippen LogP contribution is 2.37. The van der Waals surface area contributed by atoms with E-state index in [4.69, 9.17) is 10.5 Å². The number of carbonyl (C=O) groups excluding carboxylic acids is 1. The number of ether oxygens (including phenoxy) is 1. The van der Waals surface area contributed by atoms with E-state index in [0.29, 0.717) is 32.0 Å². The molecular formula is C28H34N4O3S. The number of amides is 1. The highest BCUT2D eigenvalue weighted by atomic mass is 32.2. The molecule has 1 saturated carbocycles. The molecule has 2 heterocycles. The molecule has 1 saturated heterocycles. The summed E-state index contributed by atoms with van der Waals surface area (Å²) in [5.74, 6) is 1.04. The van der Waals surface area contributed by atoms with Crippen LogP contribution in [0.1, 0.15) is 56.3 Å². The second-order valence-corrected chi connectivity index (χ2v) is 11.2. The van der Waals surface area contributed by atoms with E-state index in [9.17, 15) is 9.59 Å². The Hall–Kier alpha value is -2.84. The van der Waals surface area contributed by atoms with Crippen molar-refractivity contribution in [3.8, 4) is 5.69 Å². The van der Waals surface area contributed by atoms with Crippen LogP contribution in [0.15, 0.2) is 63.1 Å². The zero-order valence-corrected chi connectivity index (χ0v) is 21.6. The van der Waals surface area contributed by atoms with Crippen molar-refractivity contribution in [2.75, 3.05) is 13.2 Å². The van der Waals surface area contributed by atoms with Crippen LogP contribution in [0, 0.1) is 12.8 Å². The van der Waals surface area contributed by atoms with Crippen molar-refractivity contribution in [2.45, 2.75) is 73.6 Å². The quantitative estimate of drug-likeness (QED) is 0.505. The molecule has 3 aromatic rings. The van der Waals surface area contributed by atoms with Crippen molar-refractivity contribution >= 4 is 17.7 Å². The maximum atomic E-state index is 13.1. The highest BCUT2D eigenvalue weighted by Gasteiger charge is 2.40. The number of hydrogen-bond acceptors (Lipinski definition) is 5. The predicted molar refractivity (Wildman–Crippen MR) is 141 cm³/mol. The Kier molecular flexibility index (Phi) is 7.34. The fourth-order valence-electron chi connectivity index (χ4n) is 5.55. The summed E-state index contributed by atoms with van der Waals surface area (Å²) in [6.07, 6.45) is 7.41. The van der Waals surface area contributed by atoms with Gasteiger partial charge in [-0.25, -0.2) is 4.79 Å². The third-order valence-electron chi connectivity index (χ3n) is 7.73. The van der Waals surface area contributed by atoms with E-state index in [1.807, 2.05) is 54.0 Å². The molecule has 2 aromatic carbocycles. The summed E-state index contributed by atoms with van der Waals surface area (Å²) in [6, 6.07) is 16.0. The van der Waals surface area contributed by atoms with E-state index >= 15 is 0 Å². The summed E-state index contributed by atoms with van der Waals surface area (Å²) in [5.41, 5.74) is 6.82. The van der Waals surface area contributed by atoms with Crippen LogP contribution in [0.2, 0.25) is 0 Å². The normalized spacial score (nSPS) is 18.2. The first kappa shape index (κ1) is 24.8. The molecule has 2 N–H and O–H groups in total. The van der Waals surface area contributed by atoms with Gasteiger partial charge in [-0.3, -0.25) is 9.36 Å². The van der Waals surface area contributed by atoms with Crippen molar-refractivity contribution in [3.05, 3.63) is 70.4 Å². The van der Waals surface area contributed by atoms with Crippen LogP contribution in [0.5, 0.6) is 0 Å². The molecule has 1 aliphatic carbocycles. The topological polar surface area (TPSA) is 92.1 Å². The van der Waals surface area contributed by atoms with E-state index in [2.05, 4.69) is 11.2 Å². The standard InChI is InChI=1S/C28H34N4O3S/c1-20-30-32(27(34)31(20)19-21-6-3-2-4-7-21)23-10-12-24(13-11-23)36-25-9-5-8-22(18-25)28(26(29)33)14-16-35-17-15-28/h5,8-13,18,21H,2-4,6-7,14-17,19H2,1H3,(H2,29,33). The average molecular weight is 507 g/mol. The van der Waals surface area contributed by atoms with Crippen molar-refractivity contribution in [3.63, 3.8) is 0 Å². The van der Waals surface area contributed by atoms with Crippen LogP contribution in [-0.2, 0) is 21.5 Å². The number of nitrogens with two attached hydrogens (primary N) is 1. The lowest BCUT2D eigenvalue weighted by molar-refractivity contribution is -0.127. The summed E-state index contributed by atoms with van der Waals surface area (Å²) in [7, 11) is 0. The van der Waals surface area contributed by atoms with Gasteiger partial charge in [0.15, 0.2) is 0 Å². The molecule has 0 atom stereocenters. The third-order valence-corrected chi connectivity index (χ3v) is 8.73. The Balaban J connectivity index is 1.33. The van der Waals surface area contributed by atoms with Crippen LogP contribution >= 0.6 is 11.8 Å². The average Bonchev–Trinajstić information content (AvgIpc) is 3.18. The highest BCUT2D eigenvalue weighted by molar-refractivity contribution is 7.99. The Bertz CT molecular complexity index is 1270. The lowest BCUT2D eigenvalue weighted by atomic mass is 9.73. The zero-order valence-electron chi connectivity index (χ0n) is 20.8. The number of carbonyl (C=O) groups is 1. The minimum atomic E-state index is -0.672. The molecule has 2 fully saturated rings. The lowest BCUT2D eigenvalue weighted by Crippen LogP contribution is -2.45. The molecule has 0 unspecified atom stereocenters. The van der Waals surface area contributed by atoms with E-state index in [1.54, 1.807) is 11.8 Å². The summed E-state index contributed by atoms with van der Waals surface area (Å²) >= 11 is 1.62. The van der Waals surface area contributed by atoms with E-state index in [0.717, 1.165) is 33.4 Å². The maximum absolute atomic E-state index is 13.1. The van der Waals surface area contributed by atoms with Crippen LogP contribution in [0.3, 0.4) is 0 Å². The van der Waals surface area contributed by atoms with Crippen molar-refractivity contribution in [1.29, 1.82) is 0 Å². The van der Waals surface area contributed by atoms with Gasteiger partial charge in [-0.1, -0.05) is 43.2 Å². The number of nitrogens with zero attached hydrogens (tertiary/aromatic N) is 3. The van der Waals surface area contributed by atoms with Gasteiger partial charge in [0.1, 0.15) is 5.82 Å². The fourth-order valence-corrected chi connectivity index (χ4v) is 6.42. The van der Waals surface area contributed by atoms with Gasteiger partial charge >= 0.3 is 5.69 Å². The van der Waals surface area contributed by atoms with Gasteiger partial charge in [0.2, 0.25) is 5.91 Å². The lowest BCUT2D eigenvalue weighted by Gasteiger charge is -2.34. The van der Waals surface area contributed by atoms with E-state index in [-0.39, 0.29) is 11.6 Å². The maximum Gasteiger partial charge on any atom is 0.350 e. The number of hydrogen-bond donors (Lipinski definition) is 1. The molecule has 2 aliphatic rings. The van der Waals surface area contributed by atoms with Crippen LogP contribution in [0.25, 0.3) is 5.69 Å². The Morgan fingerprint density at radius 3 is 2.50 bits per heavy atom. The largest absolute Gasteiger partial charge is 0.381 e. The van der Waals surface area contributed by atoms with E-state index < -0.39 is 5.41 Å². The Morgan fingerprint density at radius 1 is 1.08 bits per heavy atom. The summed E-state index contributed by atoms with van der Waals surface area (Å²) in [5, 5.41) is 4.55. The molecule has 36 heavy (non-hydrogen) atoms. The molecule has 0 bridgehead atoms. The Labute approximate surface area is 216 Å². The van der Waals surface area contributed by atoms with E-state index in [1.165, 1.54) is 36.8 Å². The first-order valence-corrected chi connectivity index (χ1v) is 13.7. The van der Waals surface area contributed by atoms with Gasteiger partial charge in [-0.2, -0.15) is 9.78 Å². The smallest absolute Gasteiger partial charge is 0.350 e. The summed E-state index contributed by atoms with van der Waals surface area (Å²) in [4.78, 5) is 27.6. The predicted octanol–water partition coefficient (Wildman–Crippen LogP) is 4.61. The number of rotatable bonds is 7. The minimum Gasteiger partial charge on any atom is -0.381 e. The molecule has 1 aromatic heterocycles. The molecule has 5 rings (SSSR count). The third kappa shape index (κ3) is 5.02. The van der Waals surface area contributed by atoms with Crippen molar-refractivity contribution in [2.24, 2.45) is 11.7 Å². The van der Waals surface area contributed by atoms with Gasteiger partial charge in [-0.15, -0.1) is 0 Å². The first-order valence-electron chi connectivity index (χ1n) is 12.9. The first-order chi connectivity index (χ1) is 17.5. The van der Waals surface area contributed by atoms with Gasteiger partial charge < -0.3 is 10.5 Å². The second-order valence-electron chi connectivity index (χ2n) is 10.0. The van der Waals surface area contributed by atoms with Gasteiger partial charge in [0.25, 0.3) is 0 Å². The SMILES string of the molecule is Cc1nn(-c2ccc(Sc3cccc(C4(C(N)=O)CCOCC4)c3)cc2)c(=O)n1CC1CCCCC1. The molecule has 190 valence electrons. The molecule has 1 aliphatic heterocycles. The summed E-state index contributed by atoms with van der Waals surface area (Å²) in [6.45, 7) is 3.75. The second kappa shape index (κ2) is 10.6. The Morgan fingerprint density at radius 2 is 1.81 bits per heavy atom. The van der Waals surface area contributed by atoms with Gasteiger partial charge in [0, 0.05) is 29.5 Å². The number of primary amides is 1. The van der Waals surface area contributed by atoms with Crippen LogP contribution < -0.4 is 11.4 Å². The fraction of sp³-hybridized carbons (Fsp3) is 0.464. The van der Waals surface area contributed by atoms with Crippen LogP contribution in [0.4, 0.5) is 0 Å². The van der Waals surface area contributed by atoms with Crippen LogP contribution in [-0.4, -0.2) is 33.5 Å². The molecule has 0 spiro atoms. The number of aromatic nitrogens is 3. The number of benzene rings is 2. The summed E-state index contributed by atoms with van der Waals surface area (Å²) < 4.78 is 8.82. The van der Waals surface area contributed by atoms with Crippen molar-refractivity contribution < 1.29 is 9.53 Å². The monoisotopic (exact) mass is 506 g/mol. The van der Waals surface area contributed by atoms with Gasteiger partial charge in [-0.05, 0) is 80.5 Å². The van der Waals surface area contributed by atoms with Crippen molar-refractivity contribution in [1.82, 2.24) is 14.3 Å². The molecule has 1 amide bonds. The zero-order chi connectivity index (χ0) is 25.1.